The van der Waals surface area contributed by atoms with E-state index in [-0.39, 0.29) is 0 Å². The van der Waals surface area contributed by atoms with Crippen LogP contribution in [0.15, 0.2) is 174 Å². The van der Waals surface area contributed by atoms with Crippen LogP contribution < -0.4 is 0 Å². The van der Waals surface area contributed by atoms with E-state index in [0.29, 0.717) is 0 Å². The SMILES string of the molecule is c1ccc(-c2c3ccccc3c(-c3ccc(-c4cc5oc6ccccc6c5c5ccccc45)c4ccccc34)c3ccccc23)cc1. The molecule has 0 spiro atoms. The van der Waals surface area contributed by atoms with E-state index in [1.807, 2.05) is 6.07 Å². The molecule has 218 valence electrons. The van der Waals surface area contributed by atoms with Crippen molar-refractivity contribution in [2.75, 3.05) is 0 Å². The van der Waals surface area contributed by atoms with Gasteiger partial charge in [0.1, 0.15) is 11.2 Å². The van der Waals surface area contributed by atoms with E-state index in [0.717, 1.165) is 16.6 Å². The predicted octanol–water partition coefficient (Wildman–Crippen LogP) is 13.2. The number of hydrogen-bond acceptors (Lipinski definition) is 1. The summed E-state index contributed by atoms with van der Waals surface area (Å²) < 4.78 is 6.47. The minimum Gasteiger partial charge on any atom is -0.456 e. The van der Waals surface area contributed by atoms with Gasteiger partial charge in [0.15, 0.2) is 0 Å². The Kier molecular flexibility index (Phi) is 5.64. The topological polar surface area (TPSA) is 13.1 Å². The highest BCUT2D eigenvalue weighted by Gasteiger charge is 2.20. The van der Waals surface area contributed by atoms with Gasteiger partial charge in [-0.3, -0.25) is 0 Å². The van der Waals surface area contributed by atoms with Crippen LogP contribution in [0.2, 0.25) is 0 Å². The molecule has 0 bridgehead atoms. The number of benzene rings is 9. The fourth-order valence-corrected chi connectivity index (χ4v) is 7.90. The minimum absolute atomic E-state index is 0.918. The second-order valence-corrected chi connectivity index (χ2v) is 12.4. The zero-order valence-corrected chi connectivity index (χ0v) is 25.6. The molecule has 0 unspecified atom stereocenters. The summed E-state index contributed by atoms with van der Waals surface area (Å²) in [6.45, 7) is 0. The molecule has 0 saturated carbocycles. The highest BCUT2D eigenvalue weighted by Crippen LogP contribution is 2.47. The lowest BCUT2D eigenvalue weighted by Gasteiger charge is -2.20. The Balaban J connectivity index is 1.30. The first-order valence-corrected chi connectivity index (χ1v) is 16.2. The summed E-state index contributed by atoms with van der Waals surface area (Å²) >= 11 is 0. The van der Waals surface area contributed by atoms with Crippen molar-refractivity contribution in [2.45, 2.75) is 0 Å². The number of rotatable bonds is 3. The number of furan rings is 1. The monoisotopic (exact) mass is 596 g/mol. The molecule has 1 heterocycles. The summed E-state index contributed by atoms with van der Waals surface area (Å²) in [4.78, 5) is 0. The van der Waals surface area contributed by atoms with Gasteiger partial charge in [0.05, 0.1) is 0 Å². The van der Waals surface area contributed by atoms with Crippen LogP contribution in [0.25, 0.3) is 98.4 Å². The molecule has 0 fully saturated rings. The quantitative estimate of drug-likeness (QED) is 0.185. The summed E-state index contributed by atoms with van der Waals surface area (Å²) in [5, 5.41) is 12.3. The van der Waals surface area contributed by atoms with Crippen LogP contribution in [0.5, 0.6) is 0 Å². The largest absolute Gasteiger partial charge is 0.456 e. The first-order valence-electron chi connectivity index (χ1n) is 16.2. The van der Waals surface area contributed by atoms with E-state index in [9.17, 15) is 0 Å². The van der Waals surface area contributed by atoms with Gasteiger partial charge in [-0.05, 0) is 88.6 Å². The Labute approximate surface area is 271 Å². The zero-order chi connectivity index (χ0) is 30.9. The minimum atomic E-state index is 0.918. The third kappa shape index (κ3) is 3.84. The maximum atomic E-state index is 6.47. The van der Waals surface area contributed by atoms with Gasteiger partial charge in [-0.15, -0.1) is 0 Å². The summed E-state index contributed by atoms with van der Waals surface area (Å²) in [6.07, 6.45) is 0. The second kappa shape index (κ2) is 10.2. The van der Waals surface area contributed by atoms with Crippen molar-refractivity contribution in [3.8, 4) is 33.4 Å². The van der Waals surface area contributed by atoms with Gasteiger partial charge in [0.25, 0.3) is 0 Å². The van der Waals surface area contributed by atoms with Crippen molar-refractivity contribution in [1.82, 2.24) is 0 Å². The summed E-state index contributed by atoms with van der Waals surface area (Å²) in [7, 11) is 0. The molecular formula is C46H28O. The second-order valence-electron chi connectivity index (χ2n) is 12.4. The lowest BCUT2D eigenvalue weighted by molar-refractivity contribution is 0.669. The Morgan fingerprint density at radius 1 is 0.277 bits per heavy atom. The van der Waals surface area contributed by atoms with E-state index in [1.165, 1.54) is 81.9 Å². The van der Waals surface area contributed by atoms with E-state index in [1.54, 1.807) is 0 Å². The van der Waals surface area contributed by atoms with Gasteiger partial charge in [-0.1, -0.05) is 158 Å². The molecule has 0 saturated heterocycles. The normalized spacial score (nSPS) is 11.8. The van der Waals surface area contributed by atoms with Crippen LogP contribution in [0.4, 0.5) is 0 Å². The molecule has 0 aliphatic rings. The van der Waals surface area contributed by atoms with Gasteiger partial charge in [0, 0.05) is 10.8 Å². The molecule has 1 nitrogen and oxygen atoms in total. The molecule has 47 heavy (non-hydrogen) atoms. The highest BCUT2D eigenvalue weighted by atomic mass is 16.3. The fourth-order valence-electron chi connectivity index (χ4n) is 7.90. The molecule has 10 rings (SSSR count). The first kappa shape index (κ1) is 26.1. The molecule has 10 aromatic rings. The van der Waals surface area contributed by atoms with Crippen LogP contribution in [0.3, 0.4) is 0 Å². The van der Waals surface area contributed by atoms with Crippen molar-refractivity contribution >= 4 is 65.0 Å². The number of hydrogen-bond donors (Lipinski definition) is 0. The average Bonchev–Trinajstić information content (AvgIpc) is 3.52. The molecule has 0 aliphatic carbocycles. The number of para-hydroxylation sites is 1. The first-order chi connectivity index (χ1) is 23.3. The summed E-state index contributed by atoms with van der Waals surface area (Å²) in [5.41, 5.74) is 9.26. The van der Waals surface area contributed by atoms with Crippen molar-refractivity contribution in [3.05, 3.63) is 170 Å². The molecule has 1 heteroatoms. The van der Waals surface area contributed by atoms with Crippen molar-refractivity contribution in [2.24, 2.45) is 0 Å². The van der Waals surface area contributed by atoms with Crippen molar-refractivity contribution < 1.29 is 4.42 Å². The van der Waals surface area contributed by atoms with Gasteiger partial charge in [0.2, 0.25) is 0 Å². The summed E-state index contributed by atoms with van der Waals surface area (Å²) in [5.74, 6) is 0. The maximum Gasteiger partial charge on any atom is 0.136 e. The Bertz CT molecular complexity index is 2780. The van der Waals surface area contributed by atoms with Crippen LogP contribution in [-0.2, 0) is 0 Å². The van der Waals surface area contributed by atoms with Crippen molar-refractivity contribution in [1.29, 1.82) is 0 Å². The lowest BCUT2D eigenvalue weighted by atomic mass is 9.83. The van der Waals surface area contributed by atoms with Gasteiger partial charge < -0.3 is 4.42 Å². The maximum absolute atomic E-state index is 6.47. The van der Waals surface area contributed by atoms with E-state index in [4.69, 9.17) is 4.42 Å². The lowest BCUT2D eigenvalue weighted by Crippen LogP contribution is -1.92. The molecule has 0 aliphatic heterocycles. The zero-order valence-electron chi connectivity index (χ0n) is 25.6. The van der Waals surface area contributed by atoms with Gasteiger partial charge in [-0.25, -0.2) is 0 Å². The van der Waals surface area contributed by atoms with Crippen LogP contribution in [0, 0.1) is 0 Å². The number of fused-ring (bicyclic) bond motifs is 8. The van der Waals surface area contributed by atoms with E-state index < -0.39 is 0 Å². The Hall–Kier alpha value is -6.18. The fraction of sp³-hybridized carbons (Fsp3) is 0. The van der Waals surface area contributed by atoms with Crippen LogP contribution >= 0.6 is 0 Å². The molecule has 0 amide bonds. The van der Waals surface area contributed by atoms with E-state index in [2.05, 4.69) is 164 Å². The molecular weight excluding hydrogens is 569 g/mol. The standard InChI is InChI=1S/C46H28O/c1-2-14-29(15-3-1)44-35-20-8-10-22-37(35)45(38-23-11-9-21-36(38)44)39-27-26-33(30-16-4-5-17-31(30)39)41-28-43-46(34-19-7-6-18-32(34)41)40-24-12-13-25-42(40)47-43/h1-28H. The molecule has 0 radical (unpaired) electrons. The van der Waals surface area contributed by atoms with Crippen LogP contribution in [-0.4, -0.2) is 0 Å². The van der Waals surface area contributed by atoms with Gasteiger partial charge in [-0.2, -0.15) is 0 Å². The van der Waals surface area contributed by atoms with Crippen LogP contribution in [0.1, 0.15) is 0 Å². The third-order valence-electron chi connectivity index (χ3n) is 9.86. The Morgan fingerprint density at radius 2 is 0.723 bits per heavy atom. The van der Waals surface area contributed by atoms with Crippen molar-refractivity contribution in [3.63, 3.8) is 0 Å². The van der Waals surface area contributed by atoms with Gasteiger partial charge >= 0.3 is 0 Å². The predicted molar refractivity (Wildman–Crippen MR) is 200 cm³/mol. The molecule has 0 N–H and O–H groups in total. The third-order valence-corrected chi connectivity index (χ3v) is 9.86. The molecule has 1 aromatic heterocycles. The average molecular weight is 597 g/mol. The summed E-state index contributed by atoms with van der Waals surface area (Å²) in [6, 6.07) is 61.5. The highest BCUT2D eigenvalue weighted by molar-refractivity contribution is 6.26. The smallest absolute Gasteiger partial charge is 0.136 e. The molecule has 9 aromatic carbocycles. The molecule has 0 atom stereocenters. The van der Waals surface area contributed by atoms with E-state index >= 15 is 0 Å². The Morgan fingerprint density at radius 3 is 1.36 bits per heavy atom.